The SMILES string of the molecule is CCNC(=O)CCNC(C)c1ccccc1OCC. The van der Waals surface area contributed by atoms with E-state index in [1.807, 2.05) is 32.0 Å². The molecule has 0 bridgehead atoms. The summed E-state index contributed by atoms with van der Waals surface area (Å²) in [5.41, 5.74) is 1.13. The van der Waals surface area contributed by atoms with Crippen LogP contribution in [0.1, 0.15) is 38.8 Å². The van der Waals surface area contributed by atoms with Gasteiger partial charge < -0.3 is 15.4 Å². The number of nitrogens with one attached hydrogen (secondary N) is 2. The highest BCUT2D eigenvalue weighted by Gasteiger charge is 2.10. The van der Waals surface area contributed by atoms with Crippen molar-refractivity contribution >= 4 is 5.91 Å². The summed E-state index contributed by atoms with van der Waals surface area (Å²) < 4.78 is 5.60. The molecular weight excluding hydrogens is 240 g/mol. The normalized spacial score (nSPS) is 11.9. The molecule has 19 heavy (non-hydrogen) atoms. The van der Waals surface area contributed by atoms with Gasteiger partial charge in [-0.1, -0.05) is 18.2 Å². The van der Waals surface area contributed by atoms with Gasteiger partial charge in [0.15, 0.2) is 0 Å². The van der Waals surface area contributed by atoms with Crippen molar-refractivity contribution in [1.82, 2.24) is 10.6 Å². The minimum absolute atomic E-state index is 0.0836. The van der Waals surface area contributed by atoms with E-state index in [1.54, 1.807) is 0 Å². The van der Waals surface area contributed by atoms with E-state index in [4.69, 9.17) is 4.74 Å². The molecule has 4 nitrogen and oxygen atoms in total. The monoisotopic (exact) mass is 264 g/mol. The molecule has 0 spiro atoms. The Labute approximate surface area is 115 Å². The van der Waals surface area contributed by atoms with E-state index >= 15 is 0 Å². The van der Waals surface area contributed by atoms with E-state index in [0.29, 0.717) is 26.1 Å². The third kappa shape index (κ3) is 5.30. The maximum Gasteiger partial charge on any atom is 0.221 e. The molecule has 1 aromatic rings. The van der Waals surface area contributed by atoms with Gasteiger partial charge >= 0.3 is 0 Å². The summed E-state index contributed by atoms with van der Waals surface area (Å²) in [6.45, 7) is 7.98. The summed E-state index contributed by atoms with van der Waals surface area (Å²) in [5.74, 6) is 0.989. The third-order valence-corrected chi connectivity index (χ3v) is 2.86. The molecule has 0 heterocycles. The second kappa shape index (κ2) is 8.53. The molecule has 0 saturated carbocycles. The van der Waals surface area contributed by atoms with Crippen LogP contribution in [-0.2, 0) is 4.79 Å². The number of para-hydroxylation sites is 1. The molecule has 0 aliphatic rings. The van der Waals surface area contributed by atoms with Gasteiger partial charge in [0.1, 0.15) is 5.75 Å². The number of amides is 1. The molecule has 1 unspecified atom stereocenters. The molecule has 1 aromatic carbocycles. The molecule has 2 N–H and O–H groups in total. The van der Waals surface area contributed by atoms with Crippen LogP contribution in [-0.4, -0.2) is 25.6 Å². The number of hydrogen-bond acceptors (Lipinski definition) is 3. The van der Waals surface area contributed by atoms with Crippen molar-refractivity contribution in [3.63, 3.8) is 0 Å². The van der Waals surface area contributed by atoms with Crippen LogP contribution in [0.15, 0.2) is 24.3 Å². The molecular formula is C15H24N2O2. The Bertz CT molecular complexity index is 393. The predicted molar refractivity (Wildman–Crippen MR) is 77.3 cm³/mol. The first-order valence-corrected chi connectivity index (χ1v) is 6.90. The van der Waals surface area contributed by atoms with Crippen LogP contribution in [0.4, 0.5) is 0 Å². The Hall–Kier alpha value is -1.55. The summed E-state index contributed by atoms with van der Waals surface area (Å²) >= 11 is 0. The molecule has 4 heteroatoms. The number of carbonyl (C=O) groups excluding carboxylic acids is 1. The highest BCUT2D eigenvalue weighted by molar-refractivity contribution is 5.75. The van der Waals surface area contributed by atoms with Crippen molar-refractivity contribution in [2.75, 3.05) is 19.7 Å². The molecule has 106 valence electrons. The van der Waals surface area contributed by atoms with Crippen LogP contribution < -0.4 is 15.4 Å². The van der Waals surface area contributed by atoms with Gasteiger partial charge in [0.2, 0.25) is 5.91 Å². The first-order chi connectivity index (χ1) is 9.19. The van der Waals surface area contributed by atoms with Gasteiger partial charge in [-0.15, -0.1) is 0 Å². The average molecular weight is 264 g/mol. The Morgan fingerprint density at radius 3 is 2.74 bits per heavy atom. The van der Waals surface area contributed by atoms with Gasteiger partial charge in [-0.05, 0) is 26.8 Å². The molecule has 0 aliphatic heterocycles. The summed E-state index contributed by atoms with van der Waals surface area (Å²) in [6, 6.07) is 8.16. The van der Waals surface area contributed by atoms with Crippen LogP contribution in [0.3, 0.4) is 0 Å². The molecule has 1 amide bonds. The molecule has 0 aromatic heterocycles. The number of ether oxygens (including phenoxy) is 1. The lowest BCUT2D eigenvalue weighted by Crippen LogP contribution is -2.28. The van der Waals surface area contributed by atoms with Gasteiger partial charge in [0.25, 0.3) is 0 Å². The lowest BCUT2D eigenvalue weighted by molar-refractivity contribution is -0.120. The fourth-order valence-corrected chi connectivity index (χ4v) is 1.92. The average Bonchev–Trinajstić information content (AvgIpc) is 2.40. The molecule has 1 atom stereocenters. The number of carbonyl (C=O) groups is 1. The van der Waals surface area contributed by atoms with Gasteiger partial charge in [-0.2, -0.15) is 0 Å². The Kier molecular flexibility index (Phi) is 6.97. The Balaban J connectivity index is 2.49. The van der Waals surface area contributed by atoms with Gasteiger partial charge in [-0.3, -0.25) is 4.79 Å². The number of benzene rings is 1. The molecule has 0 fully saturated rings. The summed E-state index contributed by atoms with van der Waals surface area (Å²) in [7, 11) is 0. The van der Waals surface area contributed by atoms with E-state index in [2.05, 4.69) is 23.6 Å². The van der Waals surface area contributed by atoms with Crippen molar-refractivity contribution in [3.8, 4) is 5.75 Å². The van der Waals surface area contributed by atoms with Crippen LogP contribution in [0, 0.1) is 0 Å². The fourth-order valence-electron chi connectivity index (χ4n) is 1.92. The van der Waals surface area contributed by atoms with E-state index in [0.717, 1.165) is 11.3 Å². The van der Waals surface area contributed by atoms with Crippen LogP contribution in [0.5, 0.6) is 5.75 Å². The van der Waals surface area contributed by atoms with Crippen molar-refractivity contribution in [2.45, 2.75) is 33.2 Å². The van der Waals surface area contributed by atoms with Crippen LogP contribution >= 0.6 is 0 Å². The van der Waals surface area contributed by atoms with Crippen molar-refractivity contribution < 1.29 is 9.53 Å². The molecule has 0 radical (unpaired) electrons. The smallest absolute Gasteiger partial charge is 0.221 e. The van der Waals surface area contributed by atoms with E-state index < -0.39 is 0 Å². The number of hydrogen-bond donors (Lipinski definition) is 2. The minimum Gasteiger partial charge on any atom is -0.494 e. The van der Waals surface area contributed by atoms with Crippen molar-refractivity contribution in [2.24, 2.45) is 0 Å². The van der Waals surface area contributed by atoms with Crippen LogP contribution in [0.25, 0.3) is 0 Å². The van der Waals surface area contributed by atoms with Gasteiger partial charge in [0.05, 0.1) is 6.61 Å². The largest absolute Gasteiger partial charge is 0.494 e. The first-order valence-electron chi connectivity index (χ1n) is 6.90. The summed E-state index contributed by atoms with van der Waals surface area (Å²) in [5, 5.41) is 6.13. The molecule has 0 saturated heterocycles. The second-order valence-corrected chi connectivity index (χ2v) is 4.35. The summed E-state index contributed by atoms with van der Waals surface area (Å²) in [4.78, 5) is 11.4. The van der Waals surface area contributed by atoms with E-state index in [-0.39, 0.29) is 11.9 Å². The Morgan fingerprint density at radius 2 is 2.05 bits per heavy atom. The first kappa shape index (κ1) is 15.5. The zero-order chi connectivity index (χ0) is 14.1. The maximum absolute atomic E-state index is 11.4. The molecule has 0 aliphatic carbocycles. The van der Waals surface area contributed by atoms with Gasteiger partial charge in [0, 0.05) is 31.1 Å². The maximum atomic E-state index is 11.4. The predicted octanol–water partition coefficient (Wildman–Crippen LogP) is 2.26. The quantitative estimate of drug-likeness (QED) is 0.757. The zero-order valence-corrected chi connectivity index (χ0v) is 12.0. The minimum atomic E-state index is 0.0836. The standard InChI is InChI=1S/C15H24N2O2/c1-4-16-15(18)10-11-17-12(3)13-8-6-7-9-14(13)19-5-2/h6-9,12,17H,4-5,10-11H2,1-3H3,(H,16,18). The Morgan fingerprint density at radius 1 is 1.32 bits per heavy atom. The molecule has 1 rings (SSSR count). The lowest BCUT2D eigenvalue weighted by Gasteiger charge is -2.17. The van der Waals surface area contributed by atoms with E-state index in [9.17, 15) is 4.79 Å². The third-order valence-electron chi connectivity index (χ3n) is 2.86. The van der Waals surface area contributed by atoms with Crippen LogP contribution in [0.2, 0.25) is 0 Å². The van der Waals surface area contributed by atoms with Crippen molar-refractivity contribution in [3.05, 3.63) is 29.8 Å². The lowest BCUT2D eigenvalue weighted by atomic mass is 10.1. The summed E-state index contributed by atoms with van der Waals surface area (Å²) in [6.07, 6.45) is 0.495. The second-order valence-electron chi connectivity index (χ2n) is 4.35. The fraction of sp³-hybridized carbons (Fsp3) is 0.533. The number of rotatable bonds is 8. The highest BCUT2D eigenvalue weighted by atomic mass is 16.5. The van der Waals surface area contributed by atoms with Crippen molar-refractivity contribution in [1.29, 1.82) is 0 Å². The van der Waals surface area contributed by atoms with E-state index in [1.165, 1.54) is 0 Å². The van der Waals surface area contributed by atoms with Gasteiger partial charge in [-0.25, -0.2) is 0 Å². The highest BCUT2D eigenvalue weighted by Crippen LogP contribution is 2.24. The topological polar surface area (TPSA) is 50.4 Å². The zero-order valence-electron chi connectivity index (χ0n) is 12.0.